The maximum Gasteiger partial charge on any atom is 0.137 e. The summed E-state index contributed by atoms with van der Waals surface area (Å²) in [6.45, 7) is 4.53. The number of carbonyl (C=O) groups excluding carboxylic acids is 2. The van der Waals surface area contributed by atoms with Crippen LogP contribution in [0.2, 0.25) is 0 Å². The second kappa shape index (κ2) is 4.66. The van der Waals surface area contributed by atoms with Crippen molar-refractivity contribution in [2.45, 2.75) is 71.3 Å². The van der Waals surface area contributed by atoms with Crippen molar-refractivity contribution in [1.82, 2.24) is 0 Å². The Hall–Kier alpha value is -0.700. The highest BCUT2D eigenvalue weighted by atomic mass is 16.3. The molecule has 0 aromatic heterocycles. The number of Topliss-reactive ketones (excluding diaryl/α,β-unsaturated/α-hetero) is 2. The zero-order valence-electron chi connectivity index (χ0n) is 13.8. The van der Waals surface area contributed by atoms with Gasteiger partial charge in [-0.05, 0) is 60.7 Å². The first-order chi connectivity index (χ1) is 10.4. The molecule has 3 nitrogen and oxygen atoms in total. The van der Waals surface area contributed by atoms with Gasteiger partial charge < -0.3 is 5.11 Å². The van der Waals surface area contributed by atoms with E-state index >= 15 is 0 Å². The molecule has 4 aliphatic rings. The van der Waals surface area contributed by atoms with Gasteiger partial charge in [-0.1, -0.05) is 13.8 Å². The molecular weight excluding hydrogens is 276 g/mol. The van der Waals surface area contributed by atoms with Crippen molar-refractivity contribution >= 4 is 11.6 Å². The molecule has 3 heteroatoms. The first kappa shape index (κ1) is 14.9. The Balaban J connectivity index is 1.69. The van der Waals surface area contributed by atoms with Gasteiger partial charge in [0.1, 0.15) is 11.6 Å². The fraction of sp³-hybridized carbons (Fsp3) is 0.895. The number of ketones is 2. The Morgan fingerprint density at radius 1 is 0.955 bits per heavy atom. The van der Waals surface area contributed by atoms with Gasteiger partial charge in [-0.15, -0.1) is 0 Å². The zero-order valence-corrected chi connectivity index (χ0v) is 13.8. The molecule has 0 aromatic carbocycles. The monoisotopic (exact) mass is 304 g/mol. The SMILES string of the molecule is C[C@]12CCC(=O)C[C@@H]1C(=O)C[C@H]1[C@H]2CC[C@]2(C)[C@@H](O)CC[C@@H]12. The van der Waals surface area contributed by atoms with Crippen molar-refractivity contribution in [3.05, 3.63) is 0 Å². The average Bonchev–Trinajstić information content (AvgIpc) is 2.77. The lowest BCUT2D eigenvalue weighted by atomic mass is 9.45. The Kier molecular flexibility index (Phi) is 3.15. The van der Waals surface area contributed by atoms with Gasteiger partial charge in [0.05, 0.1) is 6.10 Å². The molecule has 7 atom stereocenters. The van der Waals surface area contributed by atoms with Gasteiger partial charge in [-0.3, -0.25) is 9.59 Å². The Morgan fingerprint density at radius 2 is 1.68 bits per heavy atom. The van der Waals surface area contributed by atoms with Crippen LogP contribution in [-0.2, 0) is 9.59 Å². The number of aliphatic hydroxyl groups excluding tert-OH is 1. The zero-order chi connectivity index (χ0) is 15.7. The lowest BCUT2D eigenvalue weighted by Crippen LogP contribution is -2.57. The molecule has 4 fully saturated rings. The van der Waals surface area contributed by atoms with Crippen molar-refractivity contribution < 1.29 is 14.7 Å². The minimum absolute atomic E-state index is 0.0225. The van der Waals surface area contributed by atoms with Crippen LogP contribution in [0.25, 0.3) is 0 Å². The summed E-state index contributed by atoms with van der Waals surface area (Å²) in [6.07, 6.45) is 6.71. The maximum atomic E-state index is 12.8. The van der Waals surface area contributed by atoms with Crippen LogP contribution in [0.1, 0.15) is 65.2 Å². The van der Waals surface area contributed by atoms with E-state index in [1.54, 1.807) is 0 Å². The van der Waals surface area contributed by atoms with Crippen LogP contribution in [0.3, 0.4) is 0 Å². The van der Waals surface area contributed by atoms with Gasteiger partial charge >= 0.3 is 0 Å². The van der Waals surface area contributed by atoms with Crippen molar-refractivity contribution in [3.8, 4) is 0 Å². The van der Waals surface area contributed by atoms with E-state index in [-0.39, 0.29) is 28.6 Å². The van der Waals surface area contributed by atoms with E-state index < -0.39 is 0 Å². The molecular formula is C19H28O3. The van der Waals surface area contributed by atoms with E-state index in [4.69, 9.17) is 0 Å². The van der Waals surface area contributed by atoms with Crippen LogP contribution >= 0.6 is 0 Å². The highest BCUT2D eigenvalue weighted by Crippen LogP contribution is 2.65. The fourth-order valence-electron chi connectivity index (χ4n) is 6.81. The third-order valence-electron chi connectivity index (χ3n) is 8.23. The highest BCUT2D eigenvalue weighted by Gasteiger charge is 2.62. The van der Waals surface area contributed by atoms with E-state index in [0.717, 1.165) is 32.1 Å². The number of aliphatic hydroxyl groups is 1. The fourth-order valence-corrected chi connectivity index (χ4v) is 6.81. The molecule has 4 rings (SSSR count). The van der Waals surface area contributed by atoms with Crippen LogP contribution < -0.4 is 0 Å². The summed E-state index contributed by atoms with van der Waals surface area (Å²) < 4.78 is 0. The van der Waals surface area contributed by atoms with Gasteiger partial charge in [-0.25, -0.2) is 0 Å². The minimum Gasteiger partial charge on any atom is -0.393 e. The lowest BCUT2D eigenvalue weighted by molar-refractivity contribution is -0.160. The predicted octanol–water partition coefficient (Wildman–Crippen LogP) is 3.14. The van der Waals surface area contributed by atoms with Crippen molar-refractivity contribution in [3.63, 3.8) is 0 Å². The average molecular weight is 304 g/mol. The smallest absolute Gasteiger partial charge is 0.137 e. The molecule has 0 heterocycles. The number of carbonyl (C=O) groups is 2. The topological polar surface area (TPSA) is 54.4 Å². The largest absolute Gasteiger partial charge is 0.393 e. The molecule has 1 N–H and O–H groups in total. The molecule has 0 radical (unpaired) electrons. The molecule has 0 aromatic rings. The Labute approximate surface area is 132 Å². The van der Waals surface area contributed by atoms with Crippen LogP contribution in [0.4, 0.5) is 0 Å². The summed E-state index contributed by atoms with van der Waals surface area (Å²) in [5, 5.41) is 10.4. The standard InChI is InChI=1S/C19H28O3/c1-18-7-5-11(20)9-15(18)16(21)10-12-13-3-4-17(22)19(13,2)8-6-14(12)18/h12-15,17,22H,3-10H2,1-2H3/t12-,13+,14-,15-,17+,18-,19+/m1/s1. The maximum absolute atomic E-state index is 12.8. The number of rotatable bonds is 0. The third-order valence-corrected chi connectivity index (χ3v) is 8.23. The molecule has 0 unspecified atom stereocenters. The van der Waals surface area contributed by atoms with Crippen molar-refractivity contribution in [1.29, 1.82) is 0 Å². The van der Waals surface area contributed by atoms with Gasteiger partial charge in [0.2, 0.25) is 0 Å². The van der Waals surface area contributed by atoms with Crippen molar-refractivity contribution in [2.75, 3.05) is 0 Å². The summed E-state index contributed by atoms with van der Waals surface area (Å²) >= 11 is 0. The van der Waals surface area contributed by atoms with Gasteiger partial charge in [0.15, 0.2) is 0 Å². The molecule has 122 valence electrons. The first-order valence-electron chi connectivity index (χ1n) is 9.09. The minimum atomic E-state index is -0.188. The first-order valence-corrected chi connectivity index (χ1v) is 9.09. The summed E-state index contributed by atoms with van der Waals surface area (Å²) in [4.78, 5) is 24.7. The second-order valence-electron chi connectivity index (χ2n) is 8.99. The normalized spacial score (nSPS) is 54.6. The van der Waals surface area contributed by atoms with E-state index in [2.05, 4.69) is 13.8 Å². The van der Waals surface area contributed by atoms with Crippen LogP contribution in [0, 0.1) is 34.5 Å². The van der Waals surface area contributed by atoms with Crippen molar-refractivity contribution in [2.24, 2.45) is 34.5 Å². The van der Waals surface area contributed by atoms with Gasteiger partial charge in [0, 0.05) is 25.2 Å². The molecule has 4 saturated carbocycles. The molecule has 0 amide bonds. The molecule has 0 saturated heterocycles. The summed E-state index contributed by atoms with van der Waals surface area (Å²) in [5.74, 6) is 2.12. The second-order valence-corrected chi connectivity index (χ2v) is 8.99. The summed E-state index contributed by atoms with van der Waals surface area (Å²) in [7, 11) is 0. The summed E-state index contributed by atoms with van der Waals surface area (Å²) in [6, 6.07) is 0. The Bertz CT molecular complexity index is 527. The molecule has 22 heavy (non-hydrogen) atoms. The van der Waals surface area contributed by atoms with E-state index in [1.165, 1.54) is 0 Å². The quantitative estimate of drug-likeness (QED) is 0.748. The van der Waals surface area contributed by atoms with E-state index in [0.29, 0.717) is 42.8 Å². The number of fused-ring (bicyclic) bond motifs is 5. The molecule has 0 bridgehead atoms. The molecule has 0 aliphatic heterocycles. The molecule has 4 aliphatic carbocycles. The Morgan fingerprint density at radius 3 is 2.45 bits per heavy atom. The third kappa shape index (κ3) is 1.78. The lowest BCUT2D eigenvalue weighted by Gasteiger charge is -2.59. The molecule has 0 spiro atoms. The van der Waals surface area contributed by atoms with Crippen LogP contribution in [0.5, 0.6) is 0 Å². The highest BCUT2D eigenvalue weighted by molar-refractivity contribution is 5.90. The number of hydrogen-bond acceptors (Lipinski definition) is 3. The van der Waals surface area contributed by atoms with Gasteiger partial charge in [-0.2, -0.15) is 0 Å². The van der Waals surface area contributed by atoms with Gasteiger partial charge in [0.25, 0.3) is 0 Å². The van der Waals surface area contributed by atoms with Crippen LogP contribution in [0.15, 0.2) is 0 Å². The summed E-state index contributed by atoms with van der Waals surface area (Å²) in [5.41, 5.74) is 0.0535. The predicted molar refractivity (Wildman–Crippen MR) is 83.1 cm³/mol. The van der Waals surface area contributed by atoms with E-state index in [9.17, 15) is 14.7 Å². The van der Waals surface area contributed by atoms with Crippen LogP contribution in [-0.4, -0.2) is 22.8 Å². The van der Waals surface area contributed by atoms with E-state index in [1.807, 2.05) is 0 Å². The number of hydrogen-bond donors (Lipinski definition) is 1.